The predicted molar refractivity (Wildman–Crippen MR) is 88.4 cm³/mol. The molecule has 2 rings (SSSR count). The quantitative estimate of drug-likeness (QED) is 0.517. The minimum Gasteiger partial charge on any atom is -0.384 e. The van der Waals surface area contributed by atoms with Gasteiger partial charge in [-0.2, -0.15) is 0 Å². The second kappa shape index (κ2) is 7.53. The van der Waals surface area contributed by atoms with Gasteiger partial charge in [0.25, 0.3) is 0 Å². The zero-order chi connectivity index (χ0) is 13.1. The van der Waals surface area contributed by atoms with E-state index in [4.69, 9.17) is 22.3 Å². The van der Waals surface area contributed by atoms with Gasteiger partial charge >= 0.3 is 0 Å². The van der Waals surface area contributed by atoms with Crippen molar-refractivity contribution in [1.29, 1.82) is 10.8 Å². The third kappa shape index (κ3) is 3.98. The molecule has 6 N–H and O–H groups in total. The molecule has 2 aromatic rings. The van der Waals surface area contributed by atoms with Crippen LogP contribution in [-0.4, -0.2) is 11.7 Å². The molecular weight excluding hydrogens is 295 g/mol. The van der Waals surface area contributed by atoms with E-state index in [9.17, 15) is 0 Å². The van der Waals surface area contributed by atoms with Crippen LogP contribution in [0.4, 0.5) is 0 Å². The fourth-order valence-corrected chi connectivity index (χ4v) is 1.68. The molecule has 0 saturated heterocycles. The highest BCUT2D eigenvalue weighted by atomic mass is 35.5. The summed E-state index contributed by atoms with van der Waals surface area (Å²) in [6, 6.07) is 14.9. The van der Waals surface area contributed by atoms with E-state index in [1.807, 2.05) is 48.5 Å². The molecule has 0 aromatic heterocycles. The van der Waals surface area contributed by atoms with Gasteiger partial charge in [0.1, 0.15) is 11.7 Å². The summed E-state index contributed by atoms with van der Waals surface area (Å²) in [5.74, 6) is 0.127. The summed E-state index contributed by atoms with van der Waals surface area (Å²) in [6.45, 7) is 0. The normalized spacial score (nSPS) is 9.00. The number of nitrogens with two attached hydrogens (primary N) is 2. The van der Waals surface area contributed by atoms with E-state index < -0.39 is 0 Å². The first-order valence-corrected chi connectivity index (χ1v) is 5.47. The van der Waals surface area contributed by atoms with E-state index in [1.165, 1.54) is 0 Å². The summed E-state index contributed by atoms with van der Waals surface area (Å²) >= 11 is 0. The summed E-state index contributed by atoms with van der Waals surface area (Å²) in [5, 5.41) is 14.7. The molecule has 0 fully saturated rings. The van der Waals surface area contributed by atoms with E-state index in [2.05, 4.69) is 0 Å². The molecule has 0 aliphatic rings. The Labute approximate surface area is 130 Å². The van der Waals surface area contributed by atoms with Crippen molar-refractivity contribution in [1.82, 2.24) is 0 Å². The molecule has 0 saturated carbocycles. The Hall–Kier alpha value is -2.04. The van der Waals surface area contributed by atoms with E-state index in [0.29, 0.717) is 11.1 Å². The monoisotopic (exact) mass is 310 g/mol. The van der Waals surface area contributed by atoms with Crippen molar-refractivity contribution < 1.29 is 0 Å². The highest BCUT2D eigenvalue weighted by Gasteiger charge is 2.01. The number of rotatable bonds is 3. The van der Waals surface area contributed by atoms with E-state index in [-0.39, 0.29) is 36.5 Å². The van der Waals surface area contributed by atoms with Crippen LogP contribution in [0.2, 0.25) is 0 Å². The van der Waals surface area contributed by atoms with Crippen molar-refractivity contribution in [2.24, 2.45) is 11.5 Å². The molecule has 20 heavy (non-hydrogen) atoms. The molecule has 4 nitrogen and oxygen atoms in total. The minimum absolute atomic E-state index is 0. The van der Waals surface area contributed by atoms with Crippen LogP contribution >= 0.6 is 24.8 Å². The standard InChI is InChI=1S/C14H14N4.2ClH/c15-13(16)11-5-1-9(2-6-11)10-3-7-12(8-4-10)14(17)18;;/h1-8H,(H3,15,16)(H3,17,18);2*1H. The number of halogens is 2. The largest absolute Gasteiger partial charge is 0.384 e. The summed E-state index contributed by atoms with van der Waals surface area (Å²) < 4.78 is 0. The fraction of sp³-hybridized carbons (Fsp3) is 0. The maximum atomic E-state index is 7.33. The van der Waals surface area contributed by atoms with Crippen LogP contribution in [0.25, 0.3) is 11.1 Å². The first kappa shape index (κ1) is 18.0. The second-order valence-corrected chi connectivity index (χ2v) is 3.98. The van der Waals surface area contributed by atoms with Crippen LogP contribution in [-0.2, 0) is 0 Å². The number of hydrogen-bond acceptors (Lipinski definition) is 2. The van der Waals surface area contributed by atoms with Crippen LogP contribution in [0.15, 0.2) is 48.5 Å². The predicted octanol–water partition coefficient (Wildman–Crippen LogP) is 2.77. The van der Waals surface area contributed by atoms with Gasteiger partial charge < -0.3 is 11.5 Å². The van der Waals surface area contributed by atoms with Crippen molar-refractivity contribution in [3.05, 3.63) is 59.7 Å². The number of nitrogens with one attached hydrogen (secondary N) is 2. The summed E-state index contributed by atoms with van der Waals surface area (Å²) in [5.41, 5.74) is 14.3. The lowest BCUT2D eigenvalue weighted by Crippen LogP contribution is -2.10. The van der Waals surface area contributed by atoms with E-state index in [0.717, 1.165) is 11.1 Å². The van der Waals surface area contributed by atoms with Gasteiger partial charge in [-0.3, -0.25) is 10.8 Å². The molecular formula is C14H16Cl2N4. The molecule has 0 aliphatic carbocycles. The topological polar surface area (TPSA) is 99.7 Å². The number of amidine groups is 2. The highest BCUT2D eigenvalue weighted by Crippen LogP contribution is 2.20. The third-order valence-electron chi connectivity index (χ3n) is 2.73. The zero-order valence-corrected chi connectivity index (χ0v) is 12.2. The fourth-order valence-electron chi connectivity index (χ4n) is 1.68. The molecule has 6 heteroatoms. The Morgan fingerprint density at radius 2 is 0.850 bits per heavy atom. The number of benzene rings is 2. The van der Waals surface area contributed by atoms with Crippen LogP contribution in [0.1, 0.15) is 11.1 Å². The minimum atomic E-state index is 0. The van der Waals surface area contributed by atoms with Crippen LogP contribution in [0, 0.1) is 10.8 Å². The lowest BCUT2D eigenvalue weighted by molar-refractivity contribution is 1.42. The Morgan fingerprint density at radius 3 is 1.05 bits per heavy atom. The lowest BCUT2D eigenvalue weighted by atomic mass is 10.0. The van der Waals surface area contributed by atoms with Gasteiger partial charge in [0.15, 0.2) is 0 Å². The van der Waals surface area contributed by atoms with Gasteiger partial charge in [-0.05, 0) is 11.1 Å². The van der Waals surface area contributed by atoms with Crippen LogP contribution in [0.5, 0.6) is 0 Å². The zero-order valence-electron chi connectivity index (χ0n) is 10.6. The van der Waals surface area contributed by atoms with Gasteiger partial charge in [-0.25, -0.2) is 0 Å². The van der Waals surface area contributed by atoms with Gasteiger partial charge in [0.05, 0.1) is 0 Å². The Bertz CT molecular complexity index is 536. The van der Waals surface area contributed by atoms with Crippen molar-refractivity contribution in [3.8, 4) is 11.1 Å². The molecule has 106 valence electrons. The smallest absolute Gasteiger partial charge is 0.122 e. The van der Waals surface area contributed by atoms with Crippen molar-refractivity contribution in [2.75, 3.05) is 0 Å². The van der Waals surface area contributed by atoms with Gasteiger partial charge in [-0.1, -0.05) is 48.5 Å². The lowest BCUT2D eigenvalue weighted by Gasteiger charge is -2.05. The van der Waals surface area contributed by atoms with Crippen LogP contribution in [0.3, 0.4) is 0 Å². The average Bonchev–Trinajstić information content (AvgIpc) is 2.39. The maximum absolute atomic E-state index is 7.33. The molecule has 0 bridgehead atoms. The molecule has 2 aromatic carbocycles. The van der Waals surface area contributed by atoms with Crippen molar-refractivity contribution >= 4 is 36.5 Å². The maximum Gasteiger partial charge on any atom is 0.122 e. The highest BCUT2D eigenvalue weighted by molar-refractivity contribution is 5.96. The van der Waals surface area contributed by atoms with E-state index in [1.54, 1.807) is 0 Å². The Balaban J connectivity index is 0.00000180. The first-order valence-electron chi connectivity index (χ1n) is 5.47. The molecule has 0 amide bonds. The van der Waals surface area contributed by atoms with E-state index >= 15 is 0 Å². The summed E-state index contributed by atoms with van der Waals surface area (Å²) in [6.07, 6.45) is 0. The summed E-state index contributed by atoms with van der Waals surface area (Å²) in [7, 11) is 0. The first-order chi connectivity index (χ1) is 8.58. The molecule has 0 aliphatic heterocycles. The Kier molecular flexibility index (Phi) is 6.76. The second-order valence-electron chi connectivity index (χ2n) is 3.98. The number of hydrogen-bond donors (Lipinski definition) is 4. The molecule has 0 spiro atoms. The molecule has 0 heterocycles. The number of nitrogen functional groups attached to an aromatic ring is 2. The average molecular weight is 311 g/mol. The molecule has 0 radical (unpaired) electrons. The molecule has 0 atom stereocenters. The summed E-state index contributed by atoms with van der Waals surface area (Å²) in [4.78, 5) is 0. The van der Waals surface area contributed by atoms with Gasteiger partial charge in [0.2, 0.25) is 0 Å². The van der Waals surface area contributed by atoms with Crippen molar-refractivity contribution in [3.63, 3.8) is 0 Å². The third-order valence-corrected chi connectivity index (χ3v) is 2.73. The molecule has 0 unspecified atom stereocenters. The SMILES string of the molecule is Cl.Cl.N=C(N)c1ccc(-c2ccc(C(=N)N)cc2)cc1. The van der Waals surface area contributed by atoms with Crippen molar-refractivity contribution in [2.45, 2.75) is 0 Å². The van der Waals surface area contributed by atoms with Gasteiger partial charge in [0, 0.05) is 11.1 Å². The van der Waals surface area contributed by atoms with Gasteiger partial charge in [-0.15, -0.1) is 24.8 Å². The Morgan fingerprint density at radius 1 is 0.600 bits per heavy atom. The van der Waals surface area contributed by atoms with Crippen LogP contribution < -0.4 is 11.5 Å².